The molecular formula is C14H11Cl2NO2. The summed E-state index contributed by atoms with van der Waals surface area (Å²) >= 11 is 11.9. The van der Waals surface area contributed by atoms with E-state index in [1.807, 2.05) is 6.07 Å². The molecule has 2 aromatic rings. The van der Waals surface area contributed by atoms with Crippen LogP contribution in [0.3, 0.4) is 0 Å². The number of carboxylic acid groups (broad SMARTS) is 1. The SMILES string of the molecule is C/C(=C\C=C\c1cc2cc(Cl)c(Cl)cc2[nH]1)C(=O)O. The molecule has 1 heterocycles. The topological polar surface area (TPSA) is 53.1 Å². The number of fused-ring (bicyclic) bond motifs is 1. The molecule has 2 N–H and O–H groups in total. The molecular weight excluding hydrogens is 285 g/mol. The normalized spacial score (nSPS) is 12.5. The molecule has 0 unspecified atom stereocenters. The van der Waals surface area contributed by atoms with Crippen LogP contribution < -0.4 is 0 Å². The van der Waals surface area contributed by atoms with E-state index >= 15 is 0 Å². The van der Waals surface area contributed by atoms with E-state index in [0.29, 0.717) is 10.0 Å². The fourth-order valence-electron chi connectivity index (χ4n) is 1.61. The van der Waals surface area contributed by atoms with Gasteiger partial charge in [-0.3, -0.25) is 0 Å². The van der Waals surface area contributed by atoms with Crippen LogP contribution in [0.2, 0.25) is 10.0 Å². The van der Waals surface area contributed by atoms with E-state index in [4.69, 9.17) is 28.3 Å². The molecule has 0 fully saturated rings. The van der Waals surface area contributed by atoms with Crippen LogP contribution in [0.5, 0.6) is 0 Å². The molecule has 0 amide bonds. The van der Waals surface area contributed by atoms with Gasteiger partial charge >= 0.3 is 5.97 Å². The van der Waals surface area contributed by atoms with Gasteiger partial charge in [-0.15, -0.1) is 0 Å². The maximum absolute atomic E-state index is 10.6. The summed E-state index contributed by atoms with van der Waals surface area (Å²) in [6.07, 6.45) is 5.00. The molecule has 0 atom stereocenters. The molecule has 1 aromatic heterocycles. The van der Waals surface area contributed by atoms with Crippen molar-refractivity contribution in [3.05, 3.63) is 51.7 Å². The van der Waals surface area contributed by atoms with Gasteiger partial charge < -0.3 is 10.1 Å². The predicted octanol–water partition coefficient (Wildman–Crippen LogP) is 4.52. The minimum absolute atomic E-state index is 0.276. The lowest BCUT2D eigenvalue weighted by molar-refractivity contribution is -0.132. The second-order valence-electron chi connectivity index (χ2n) is 4.09. The number of carbonyl (C=O) groups is 1. The first-order valence-corrected chi connectivity index (χ1v) is 6.29. The Balaban J connectivity index is 2.30. The summed E-state index contributed by atoms with van der Waals surface area (Å²) in [6.45, 7) is 1.54. The Morgan fingerprint density at radius 2 is 1.95 bits per heavy atom. The van der Waals surface area contributed by atoms with Crippen LogP contribution in [-0.2, 0) is 4.79 Å². The van der Waals surface area contributed by atoms with Gasteiger partial charge in [-0.1, -0.05) is 35.4 Å². The van der Waals surface area contributed by atoms with Gasteiger partial charge in [0.1, 0.15) is 0 Å². The first-order chi connectivity index (χ1) is 8.97. The van der Waals surface area contributed by atoms with Gasteiger partial charge in [-0.05, 0) is 31.2 Å². The number of nitrogens with one attached hydrogen (secondary N) is 1. The minimum atomic E-state index is -0.931. The fourth-order valence-corrected chi connectivity index (χ4v) is 1.94. The van der Waals surface area contributed by atoms with Crippen molar-refractivity contribution < 1.29 is 9.90 Å². The number of rotatable bonds is 3. The summed E-state index contributed by atoms with van der Waals surface area (Å²) in [4.78, 5) is 13.8. The largest absolute Gasteiger partial charge is 0.478 e. The molecule has 0 aliphatic rings. The predicted molar refractivity (Wildman–Crippen MR) is 78.7 cm³/mol. The van der Waals surface area contributed by atoms with E-state index in [1.165, 1.54) is 13.0 Å². The highest BCUT2D eigenvalue weighted by Gasteiger charge is 2.03. The van der Waals surface area contributed by atoms with E-state index < -0.39 is 5.97 Å². The van der Waals surface area contributed by atoms with Crippen LogP contribution in [-0.4, -0.2) is 16.1 Å². The Hall–Kier alpha value is -1.71. The van der Waals surface area contributed by atoms with Gasteiger partial charge in [0, 0.05) is 22.2 Å². The zero-order valence-electron chi connectivity index (χ0n) is 10.1. The summed E-state index contributed by atoms with van der Waals surface area (Å²) in [6, 6.07) is 5.46. The van der Waals surface area contributed by atoms with Crippen molar-refractivity contribution in [1.82, 2.24) is 4.98 Å². The standard InChI is InChI=1S/C14H11Cl2NO2/c1-8(14(18)19)3-2-4-10-5-9-6-11(15)12(16)7-13(9)17-10/h2-7,17H,1H3,(H,18,19)/b4-2+,8-3+. The van der Waals surface area contributed by atoms with Crippen molar-refractivity contribution >= 4 is 46.2 Å². The second-order valence-corrected chi connectivity index (χ2v) is 4.91. The average Bonchev–Trinajstić information content (AvgIpc) is 2.71. The summed E-state index contributed by atoms with van der Waals surface area (Å²) in [5.74, 6) is -0.931. The first-order valence-electron chi connectivity index (χ1n) is 5.53. The highest BCUT2D eigenvalue weighted by Crippen LogP contribution is 2.28. The molecule has 0 saturated heterocycles. The van der Waals surface area contributed by atoms with E-state index in [1.54, 1.807) is 24.3 Å². The van der Waals surface area contributed by atoms with Crippen LogP contribution >= 0.6 is 23.2 Å². The first kappa shape index (κ1) is 13.7. The molecule has 98 valence electrons. The van der Waals surface area contributed by atoms with Crippen LogP contribution in [0, 0.1) is 0 Å². The van der Waals surface area contributed by atoms with E-state index in [0.717, 1.165) is 16.6 Å². The molecule has 0 radical (unpaired) electrons. The van der Waals surface area contributed by atoms with Crippen molar-refractivity contribution in [2.75, 3.05) is 0 Å². The molecule has 1 aromatic carbocycles. The van der Waals surface area contributed by atoms with Crippen molar-refractivity contribution in [3.8, 4) is 0 Å². The Morgan fingerprint density at radius 3 is 2.63 bits per heavy atom. The zero-order chi connectivity index (χ0) is 14.0. The van der Waals surface area contributed by atoms with Gasteiger partial charge in [-0.25, -0.2) is 4.79 Å². The lowest BCUT2D eigenvalue weighted by Gasteiger charge is -1.94. The lowest BCUT2D eigenvalue weighted by Crippen LogP contribution is -1.94. The molecule has 0 aliphatic heterocycles. The minimum Gasteiger partial charge on any atom is -0.478 e. The third kappa shape index (κ3) is 3.19. The molecule has 0 saturated carbocycles. The third-order valence-corrected chi connectivity index (χ3v) is 3.36. The van der Waals surface area contributed by atoms with Gasteiger partial charge in [-0.2, -0.15) is 0 Å². The van der Waals surface area contributed by atoms with Crippen LogP contribution in [0.15, 0.2) is 35.9 Å². The van der Waals surface area contributed by atoms with Crippen molar-refractivity contribution in [1.29, 1.82) is 0 Å². The number of halogens is 2. The molecule has 2 rings (SSSR count). The number of carboxylic acids is 1. The van der Waals surface area contributed by atoms with Crippen molar-refractivity contribution in [2.24, 2.45) is 0 Å². The molecule has 0 spiro atoms. The lowest BCUT2D eigenvalue weighted by atomic mass is 10.2. The number of aliphatic carboxylic acids is 1. The summed E-state index contributed by atoms with van der Waals surface area (Å²) in [5, 5.41) is 10.7. The molecule has 0 aliphatic carbocycles. The molecule has 19 heavy (non-hydrogen) atoms. The number of H-pyrrole nitrogens is 1. The Bertz CT molecular complexity index is 660. The van der Waals surface area contributed by atoms with Gasteiger partial charge in [0.05, 0.1) is 10.0 Å². The number of hydrogen-bond donors (Lipinski definition) is 2. The number of allylic oxidation sites excluding steroid dienone is 2. The highest BCUT2D eigenvalue weighted by molar-refractivity contribution is 6.42. The van der Waals surface area contributed by atoms with Crippen molar-refractivity contribution in [3.63, 3.8) is 0 Å². The van der Waals surface area contributed by atoms with Crippen molar-refractivity contribution in [2.45, 2.75) is 6.92 Å². The van der Waals surface area contributed by atoms with Crippen LogP contribution in [0.4, 0.5) is 0 Å². The summed E-state index contributed by atoms with van der Waals surface area (Å²) in [7, 11) is 0. The molecule has 0 bridgehead atoms. The average molecular weight is 296 g/mol. The zero-order valence-corrected chi connectivity index (χ0v) is 11.6. The van der Waals surface area contributed by atoms with Gasteiger partial charge in [0.2, 0.25) is 0 Å². The second kappa shape index (κ2) is 5.51. The van der Waals surface area contributed by atoms with Crippen LogP contribution in [0.25, 0.3) is 17.0 Å². The third-order valence-electron chi connectivity index (χ3n) is 2.64. The van der Waals surface area contributed by atoms with Gasteiger partial charge in [0.25, 0.3) is 0 Å². The Morgan fingerprint density at radius 1 is 1.26 bits per heavy atom. The van der Waals surface area contributed by atoms with Gasteiger partial charge in [0.15, 0.2) is 0 Å². The maximum atomic E-state index is 10.6. The quantitative estimate of drug-likeness (QED) is 0.646. The van der Waals surface area contributed by atoms with E-state index in [2.05, 4.69) is 4.98 Å². The number of benzene rings is 1. The molecule has 5 heteroatoms. The van der Waals surface area contributed by atoms with E-state index in [-0.39, 0.29) is 5.57 Å². The monoisotopic (exact) mass is 295 g/mol. The maximum Gasteiger partial charge on any atom is 0.331 e. The smallest absolute Gasteiger partial charge is 0.331 e. The Labute approximate surface area is 120 Å². The fraction of sp³-hybridized carbons (Fsp3) is 0.0714. The van der Waals surface area contributed by atoms with Crippen LogP contribution in [0.1, 0.15) is 12.6 Å². The number of hydrogen-bond acceptors (Lipinski definition) is 1. The summed E-state index contributed by atoms with van der Waals surface area (Å²) in [5.41, 5.74) is 2.01. The molecule has 3 nitrogen and oxygen atoms in total. The summed E-state index contributed by atoms with van der Waals surface area (Å²) < 4.78 is 0. The highest BCUT2D eigenvalue weighted by atomic mass is 35.5. The Kier molecular flexibility index (Phi) is 3.98. The van der Waals surface area contributed by atoms with E-state index in [9.17, 15) is 4.79 Å². The number of aromatic nitrogens is 1. The number of aromatic amines is 1.